The Morgan fingerprint density at radius 1 is 0.931 bits per heavy atom. The topological polar surface area (TPSA) is 90.0 Å². The quantitative estimate of drug-likeness (QED) is 0.656. The number of amides is 3. The van der Waals surface area contributed by atoms with E-state index in [1.807, 2.05) is 6.92 Å². The Bertz CT molecular complexity index is 907. The third-order valence-corrected chi connectivity index (χ3v) is 4.08. The second-order valence-electron chi connectivity index (χ2n) is 6.11. The summed E-state index contributed by atoms with van der Waals surface area (Å²) in [7, 11) is 0. The number of imide groups is 3. The Balaban J connectivity index is 2.38. The second-order valence-corrected chi connectivity index (χ2v) is 6.11. The standard InChI is InChI=1S/C22H23NO6/c1-4-19(25)23(21(26)16-10-7-6-8-11-16)22(27)29-18-13-9-12-17(14-28-5-2)20(18)15(3)24/h6-13H,4-5,14H2,1-3H3. The van der Waals surface area contributed by atoms with Crippen molar-refractivity contribution >= 4 is 23.7 Å². The smallest absolute Gasteiger partial charge is 0.409 e. The predicted octanol–water partition coefficient (Wildman–Crippen LogP) is 4.00. The van der Waals surface area contributed by atoms with Gasteiger partial charge in [0, 0.05) is 18.6 Å². The van der Waals surface area contributed by atoms with Crippen molar-refractivity contribution < 1.29 is 28.7 Å². The Morgan fingerprint density at radius 2 is 1.62 bits per heavy atom. The first-order chi connectivity index (χ1) is 13.9. The van der Waals surface area contributed by atoms with Crippen molar-refractivity contribution in [3.05, 3.63) is 65.2 Å². The Kier molecular flexibility index (Phi) is 7.79. The van der Waals surface area contributed by atoms with Gasteiger partial charge in [-0.15, -0.1) is 0 Å². The molecule has 0 aliphatic rings. The monoisotopic (exact) mass is 397 g/mol. The van der Waals surface area contributed by atoms with E-state index in [4.69, 9.17) is 9.47 Å². The van der Waals surface area contributed by atoms with Crippen LogP contribution in [0, 0.1) is 0 Å². The maximum absolute atomic E-state index is 12.7. The molecule has 0 saturated carbocycles. The van der Waals surface area contributed by atoms with E-state index in [0.717, 1.165) is 0 Å². The molecule has 2 aromatic carbocycles. The Labute approximate surface area is 169 Å². The summed E-state index contributed by atoms with van der Waals surface area (Å²) in [5, 5.41) is 0. The summed E-state index contributed by atoms with van der Waals surface area (Å²) in [5.74, 6) is -1.86. The first kappa shape index (κ1) is 22.0. The lowest BCUT2D eigenvalue weighted by Gasteiger charge is -2.19. The molecule has 0 heterocycles. The molecule has 0 atom stereocenters. The van der Waals surface area contributed by atoms with E-state index < -0.39 is 17.9 Å². The second kappa shape index (κ2) is 10.3. The highest BCUT2D eigenvalue weighted by molar-refractivity contribution is 6.15. The summed E-state index contributed by atoms with van der Waals surface area (Å²) in [4.78, 5) is 50.4. The molecule has 0 spiro atoms. The van der Waals surface area contributed by atoms with Crippen LogP contribution in [-0.4, -0.2) is 35.2 Å². The van der Waals surface area contributed by atoms with Crippen LogP contribution in [0.4, 0.5) is 4.79 Å². The molecule has 2 rings (SSSR count). The van der Waals surface area contributed by atoms with E-state index in [2.05, 4.69) is 0 Å². The molecule has 7 nitrogen and oxygen atoms in total. The summed E-state index contributed by atoms with van der Waals surface area (Å²) in [5.41, 5.74) is 0.890. The molecule has 0 aliphatic heterocycles. The number of carbonyl (C=O) groups excluding carboxylic acids is 4. The lowest BCUT2D eigenvalue weighted by atomic mass is 10.0. The van der Waals surface area contributed by atoms with E-state index >= 15 is 0 Å². The predicted molar refractivity (Wildman–Crippen MR) is 106 cm³/mol. The fourth-order valence-corrected chi connectivity index (χ4v) is 2.70. The molecule has 0 fully saturated rings. The number of carbonyl (C=O) groups is 4. The van der Waals surface area contributed by atoms with Crippen LogP contribution in [-0.2, 0) is 16.1 Å². The van der Waals surface area contributed by atoms with Crippen molar-refractivity contribution in [2.24, 2.45) is 0 Å². The maximum Gasteiger partial charge on any atom is 0.429 e. The summed E-state index contributed by atoms with van der Waals surface area (Å²) < 4.78 is 10.7. The van der Waals surface area contributed by atoms with E-state index in [-0.39, 0.29) is 35.7 Å². The van der Waals surface area contributed by atoms with E-state index in [1.54, 1.807) is 30.3 Å². The van der Waals surface area contributed by atoms with Crippen LogP contribution in [0.1, 0.15) is 53.5 Å². The van der Waals surface area contributed by atoms with E-state index in [1.165, 1.54) is 32.0 Å². The minimum Gasteiger partial charge on any atom is -0.409 e. The van der Waals surface area contributed by atoms with Gasteiger partial charge in [-0.1, -0.05) is 37.3 Å². The molecular weight excluding hydrogens is 374 g/mol. The van der Waals surface area contributed by atoms with Crippen molar-refractivity contribution in [2.75, 3.05) is 6.61 Å². The zero-order valence-corrected chi connectivity index (χ0v) is 16.6. The van der Waals surface area contributed by atoms with Crippen LogP contribution in [0.25, 0.3) is 0 Å². The van der Waals surface area contributed by atoms with Crippen molar-refractivity contribution in [3.8, 4) is 5.75 Å². The zero-order chi connectivity index (χ0) is 21.4. The Hall–Kier alpha value is -3.32. The number of hydrogen-bond donors (Lipinski definition) is 0. The Morgan fingerprint density at radius 3 is 2.21 bits per heavy atom. The lowest BCUT2D eigenvalue weighted by molar-refractivity contribution is -0.126. The number of hydrogen-bond acceptors (Lipinski definition) is 6. The van der Waals surface area contributed by atoms with Crippen LogP contribution < -0.4 is 4.74 Å². The molecule has 0 bridgehead atoms. The molecular formula is C22H23NO6. The number of Topliss-reactive ketones (excluding diaryl/α,β-unsaturated/α-hetero) is 1. The first-order valence-corrected chi connectivity index (χ1v) is 9.25. The van der Waals surface area contributed by atoms with Crippen molar-refractivity contribution in [1.29, 1.82) is 0 Å². The molecule has 0 unspecified atom stereocenters. The van der Waals surface area contributed by atoms with Gasteiger partial charge in [0.15, 0.2) is 5.78 Å². The molecule has 0 radical (unpaired) electrons. The highest BCUT2D eigenvalue weighted by atomic mass is 16.6. The minimum absolute atomic E-state index is 0.0329. The summed E-state index contributed by atoms with van der Waals surface area (Å²) in [6, 6.07) is 12.7. The SMILES string of the molecule is CCOCc1cccc(OC(=O)N(C(=O)CC)C(=O)c2ccccc2)c1C(C)=O. The normalized spacial score (nSPS) is 10.3. The van der Waals surface area contributed by atoms with Gasteiger partial charge < -0.3 is 9.47 Å². The molecule has 0 aliphatic carbocycles. The molecule has 7 heteroatoms. The third-order valence-electron chi connectivity index (χ3n) is 4.08. The third kappa shape index (κ3) is 5.36. The highest BCUT2D eigenvalue weighted by Crippen LogP contribution is 2.25. The van der Waals surface area contributed by atoms with Crippen molar-refractivity contribution in [1.82, 2.24) is 4.90 Å². The fraction of sp³-hybridized carbons (Fsp3) is 0.273. The summed E-state index contributed by atoms with van der Waals surface area (Å²) >= 11 is 0. The van der Waals surface area contributed by atoms with Crippen LogP contribution >= 0.6 is 0 Å². The van der Waals surface area contributed by atoms with Gasteiger partial charge in [-0.3, -0.25) is 14.4 Å². The number of ether oxygens (including phenoxy) is 2. The molecule has 0 saturated heterocycles. The number of ketones is 1. The van der Waals surface area contributed by atoms with Gasteiger partial charge in [0.1, 0.15) is 5.75 Å². The number of rotatable bonds is 7. The first-order valence-electron chi connectivity index (χ1n) is 9.25. The number of nitrogens with zero attached hydrogens (tertiary/aromatic N) is 1. The lowest BCUT2D eigenvalue weighted by Crippen LogP contribution is -2.43. The average Bonchev–Trinajstić information content (AvgIpc) is 2.72. The van der Waals surface area contributed by atoms with Crippen molar-refractivity contribution in [2.45, 2.75) is 33.8 Å². The molecule has 2 aromatic rings. The molecule has 152 valence electrons. The largest absolute Gasteiger partial charge is 0.429 e. The van der Waals surface area contributed by atoms with Gasteiger partial charge in [-0.2, -0.15) is 4.90 Å². The zero-order valence-electron chi connectivity index (χ0n) is 16.6. The molecule has 0 aromatic heterocycles. The highest BCUT2D eigenvalue weighted by Gasteiger charge is 2.31. The summed E-state index contributed by atoms with van der Waals surface area (Å²) in [6.07, 6.45) is -1.24. The van der Waals surface area contributed by atoms with Crippen LogP contribution in [0.3, 0.4) is 0 Å². The van der Waals surface area contributed by atoms with Crippen molar-refractivity contribution in [3.63, 3.8) is 0 Å². The van der Waals surface area contributed by atoms with Gasteiger partial charge in [-0.05, 0) is 37.6 Å². The van der Waals surface area contributed by atoms with Gasteiger partial charge >= 0.3 is 6.09 Å². The maximum atomic E-state index is 12.7. The van der Waals surface area contributed by atoms with Gasteiger partial charge in [0.05, 0.1) is 12.2 Å². The van der Waals surface area contributed by atoms with E-state index in [0.29, 0.717) is 17.1 Å². The van der Waals surface area contributed by atoms with Crippen LogP contribution in [0.15, 0.2) is 48.5 Å². The van der Waals surface area contributed by atoms with Crippen LogP contribution in [0.5, 0.6) is 5.75 Å². The summed E-state index contributed by atoms with van der Waals surface area (Å²) in [6.45, 7) is 5.31. The van der Waals surface area contributed by atoms with Gasteiger partial charge in [0.2, 0.25) is 5.91 Å². The fourth-order valence-electron chi connectivity index (χ4n) is 2.70. The van der Waals surface area contributed by atoms with Gasteiger partial charge in [-0.25, -0.2) is 4.79 Å². The average molecular weight is 397 g/mol. The van der Waals surface area contributed by atoms with Crippen LogP contribution in [0.2, 0.25) is 0 Å². The molecule has 3 amide bonds. The minimum atomic E-state index is -1.17. The molecule has 0 N–H and O–H groups in total. The van der Waals surface area contributed by atoms with E-state index in [9.17, 15) is 19.2 Å². The van der Waals surface area contributed by atoms with Gasteiger partial charge in [0.25, 0.3) is 5.91 Å². The molecule has 29 heavy (non-hydrogen) atoms. The number of benzene rings is 2.